The van der Waals surface area contributed by atoms with Crippen molar-refractivity contribution in [3.05, 3.63) is 58.1 Å². The number of aliphatic hydroxyl groups excluding tert-OH is 1. The van der Waals surface area contributed by atoms with Gasteiger partial charge in [-0.15, -0.1) is 0 Å². The third-order valence-corrected chi connectivity index (χ3v) is 4.99. The number of likely N-dealkylation sites (tertiary alicyclic amines) is 1. The molecule has 1 heterocycles. The average Bonchev–Trinajstić information content (AvgIpc) is 3.05. The van der Waals surface area contributed by atoms with Crippen molar-refractivity contribution in [1.29, 1.82) is 0 Å². The minimum Gasteiger partial charge on any atom is -0.489 e. The molecule has 2 aromatic carbocycles. The summed E-state index contributed by atoms with van der Waals surface area (Å²) in [6.45, 7) is 2.15. The fourth-order valence-corrected chi connectivity index (χ4v) is 3.52. The first-order chi connectivity index (χ1) is 13.7. The van der Waals surface area contributed by atoms with E-state index in [1.165, 1.54) is 12.1 Å². The quantitative estimate of drug-likeness (QED) is 0.664. The molecule has 1 saturated heterocycles. The van der Waals surface area contributed by atoms with Gasteiger partial charge in [0.15, 0.2) is 0 Å². The molecule has 3 rings (SSSR count). The van der Waals surface area contributed by atoms with Crippen LogP contribution < -0.4 is 10.1 Å². The Balaban J connectivity index is 1.67. The second-order valence-corrected chi connectivity index (χ2v) is 7.79. The minimum absolute atomic E-state index is 0.0514. The number of carbonyl (C=O) groups excluding carboxylic acids is 1. The molecule has 29 heavy (non-hydrogen) atoms. The normalized spacial score (nSPS) is 17.3. The van der Waals surface area contributed by atoms with Crippen LogP contribution in [0.1, 0.15) is 17.5 Å². The van der Waals surface area contributed by atoms with Crippen molar-refractivity contribution < 1.29 is 27.8 Å². The number of alkyl halides is 3. The molecule has 1 aliphatic rings. The van der Waals surface area contributed by atoms with Crippen LogP contribution in [0.15, 0.2) is 46.9 Å². The van der Waals surface area contributed by atoms with Gasteiger partial charge in [-0.25, -0.2) is 0 Å². The van der Waals surface area contributed by atoms with Crippen LogP contribution in [-0.4, -0.2) is 41.3 Å². The van der Waals surface area contributed by atoms with Gasteiger partial charge >= 0.3 is 12.1 Å². The Hall–Kier alpha value is -2.10. The summed E-state index contributed by atoms with van der Waals surface area (Å²) in [7, 11) is 0. The summed E-state index contributed by atoms with van der Waals surface area (Å²) in [6.07, 6.45) is -4.52. The number of benzene rings is 2. The number of nitrogens with zero attached hydrogens (tertiary/aromatic N) is 1. The average molecular weight is 473 g/mol. The maximum absolute atomic E-state index is 12.4. The fourth-order valence-electron chi connectivity index (χ4n) is 3.11. The second kappa shape index (κ2) is 9.15. The van der Waals surface area contributed by atoms with Crippen LogP contribution in [0.4, 0.5) is 18.9 Å². The van der Waals surface area contributed by atoms with E-state index in [2.05, 4.69) is 20.8 Å². The molecule has 1 atom stereocenters. The summed E-state index contributed by atoms with van der Waals surface area (Å²) in [5, 5.41) is 11.5. The molecule has 0 radical (unpaired) electrons. The number of nitrogens with one attached hydrogen (secondary N) is 1. The Morgan fingerprint density at radius 3 is 2.76 bits per heavy atom. The summed E-state index contributed by atoms with van der Waals surface area (Å²) in [6, 6.07) is 11.7. The Bertz CT molecular complexity index is 876. The van der Waals surface area contributed by atoms with E-state index in [1.807, 2.05) is 23.5 Å². The molecular formula is C20H20BrF3N2O3. The lowest BCUT2D eigenvalue weighted by atomic mass is 10.2. The molecule has 1 amide bonds. The highest BCUT2D eigenvalue weighted by Crippen LogP contribution is 2.27. The SMILES string of the molecule is O=C(Nc1cccc(COc2ccc(Br)cc2CN2CC[C@H](O)C2)c1)C(F)(F)F. The number of hydrogen-bond donors (Lipinski definition) is 2. The van der Waals surface area contributed by atoms with Crippen molar-refractivity contribution in [3.8, 4) is 5.75 Å². The monoisotopic (exact) mass is 472 g/mol. The molecule has 0 aromatic heterocycles. The number of halogens is 4. The van der Waals surface area contributed by atoms with E-state index >= 15 is 0 Å². The summed E-state index contributed by atoms with van der Waals surface area (Å²) >= 11 is 3.45. The Morgan fingerprint density at radius 2 is 2.07 bits per heavy atom. The molecule has 2 aromatic rings. The lowest BCUT2D eigenvalue weighted by Crippen LogP contribution is -2.29. The first-order valence-corrected chi connectivity index (χ1v) is 9.79. The maximum atomic E-state index is 12.4. The van der Waals surface area contributed by atoms with E-state index in [4.69, 9.17) is 4.74 Å². The molecule has 156 valence electrons. The van der Waals surface area contributed by atoms with Crippen molar-refractivity contribution in [2.75, 3.05) is 18.4 Å². The van der Waals surface area contributed by atoms with Gasteiger partial charge in [0.1, 0.15) is 12.4 Å². The largest absolute Gasteiger partial charge is 0.489 e. The van der Waals surface area contributed by atoms with E-state index < -0.39 is 12.1 Å². The lowest BCUT2D eigenvalue weighted by molar-refractivity contribution is -0.167. The second-order valence-electron chi connectivity index (χ2n) is 6.87. The van der Waals surface area contributed by atoms with Crippen LogP contribution in [0.2, 0.25) is 0 Å². The predicted molar refractivity (Wildman–Crippen MR) is 106 cm³/mol. The van der Waals surface area contributed by atoms with Crippen LogP contribution in [-0.2, 0) is 17.9 Å². The van der Waals surface area contributed by atoms with E-state index in [0.717, 1.165) is 23.0 Å². The van der Waals surface area contributed by atoms with Crippen molar-refractivity contribution >= 4 is 27.5 Å². The maximum Gasteiger partial charge on any atom is 0.471 e. The van der Waals surface area contributed by atoms with Crippen LogP contribution >= 0.6 is 15.9 Å². The number of anilines is 1. The molecule has 0 unspecified atom stereocenters. The standard InChI is InChI=1S/C20H20BrF3N2O3/c21-15-4-5-18(14(9-15)10-26-7-6-17(27)11-26)29-12-13-2-1-3-16(8-13)25-19(28)20(22,23)24/h1-5,8-9,17,27H,6-7,10-12H2,(H,25,28)/t17-/m0/s1. The van der Waals surface area contributed by atoms with Gasteiger partial charge in [-0.05, 0) is 42.3 Å². The summed E-state index contributed by atoms with van der Waals surface area (Å²) in [5.41, 5.74) is 1.61. The highest BCUT2D eigenvalue weighted by molar-refractivity contribution is 9.10. The Labute approximate surface area is 174 Å². The van der Waals surface area contributed by atoms with Crippen LogP contribution in [0.5, 0.6) is 5.75 Å². The van der Waals surface area contributed by atoms with Gasteiger partial charge in [0.25, 0.3) is 0 Å². The van der Waals surface area contributed by atoms with Crippen LogP contribution in [0.25, 0.3) is 0 Å². The Kier molecular flexibility index (Phi) is 6.81. The number of rotatable bonds is 6. The first kappa shape index (κ1) is 21.6. The molecule has 1 aliphatic heterocycles. The van der Waals surface area contributed by atoms with Gasteiger partial charge in [0.05, 0.1) is 6.10 Å². The summed E-state index contributed by atoms with van der Waals surface area (Å²) in [4.78, 5) is 13.2. The molecule has 0 aliphatic carbocycles. The van der Waals surface area contributed by atoms with Gasteiger partial charge < -0.3 is 15.2 Å². The molecule has 0 spiro atoms. The summed E-state index contributed by atoms with van der Waals surface area (Å²) in [5.74, 6) is -1.36. The topological polar surface area (TPSA) is 61.8 Å². The molecule has 2 N–H and O–H groups in total. The third kappa shape index (κ3) is 6.19. The molecule has 5 nitrogen and oxygen atoms in total. The molecule has 0 bridgehead atoms. The number of aliphatic hydroxyl groups is 1. The van der Waals surface area contributed by atoms with Gasteiger partial charge in [-0.2, -0.15) is 13.2 Å². The van der Waals surface area contributed by atoms with Crippen molar-refractivity contribution in [3.63, 3.8) is 0 Å². The lowest BCUT2D eigenvalue weighted by Gasteiger charge is -2.18. The van der Waals surface area contributed by atoms with Crippen molar-refractivity contribution in [2.24, 2.45) is 0 Å². The van der Waals surface area contributed by atoms with E-state index in [-0.39, 0.29) is 18.4 Å². The van der Waals surface area contributed by atoms with E-state index in [1.54, 1.807) is 12.1 Å². The highest BCUT2D eigenvalue weighted by Gasteiger charge is 2.38. The fraction of sp³-hybridized carbons (Fsp3) is 0.350. The van der Waals surface area contributed by atoms with Crippen molar-refractivity contribution in [1.82, 2.24) is 4.90 Å². The number of carbonyl (C=O) groups is 1. The van der Waals surface area contributed by atoms with E-state index in [9.17, 15) is 23.1 Å². The van der Waals surface area contributed by atoms with Gasteiger partial charge in [-0.3, -0.25) is 9.69 Å². The molecule has 0 saturated carbocycles. The number of β-amino-alcohol motifs (C(OH)–C–C–N with tert-alkyl or cyclic N) is 1. The molecular weight excluding hydrogens is 453 g/mol. The Morgan fingerprint density at radius 1 is 1.28 bits per heavy atom. The minimum atomic E-state index is -4.94. The molecule has 9 heteroatoms. The van der Waals surface area contributed by atoms with Crippen LogP contribution in [0, 0.1) is 0 Å². The predicted octanol–water partition coefficient (Wildman–Crippen LogP) is 4.10. The third-order valence-electron chi connectivity index (χ3n) is 4.50. The first-order valence-electron chi connectivity index (χ1n) is 8.99. The van der Waals surface area contributed by atoms with E-state index in [0.29, 0.717) is 24.4 Å². The number of ether oxygens (including phenoxy) is 1. The van der Waals surface area contributed by atoms with Crippen LogP contribution in [0.3, 0.4) is 0 Å². The highest BCUT2D eigenvalue weighted by atomic mass is 79.9. The zero-order chi connectivity index (χ0) is 21.0. The van der Waals surface area contributed by atoms with Gasteiger partial charge in [0, 0.05) is 35.4 Å². The number of hydrogen-bond acceptors (Lipinski definition) is 4. The van der Waals surface area contributed by atoms with Gasteiger partial charge in [-0.1, -0.05) is 28.1 Å². The number of amides is 1. The zero-order valence-electron chi connectivity index (χ0n) is 15.4. The van der Waals surface area contributed by atoms with Crippen molar-refractivity contribution in [2.45, 2.75) is 31.9 Å². The van der Waals surface area contributed by atoms with Gasteiger partial charge in [0.2, 0.25) is 0 Å². The smallest absolute Gasteiger partial charge is 0.471 e. The summed E-state index contributed by atoms with van der Waals surface area (Å²) < 4.78 is 44.0. The molecule has 1 fully saturated rings. The zero-order valence-corrected chi connectivity index (χ0v) is 17.0.